The molecule has 0 bridgehead atoms. The van der Waals surface area contributed by atoms with Crippen LogP contribution in [0.15, 0.2) is 48.1 Å². The van der Waals surface area contributed by atoms with E-state index >= 15 is 0 Å². The lowest BCUT2D eigenvalue weighted by Crippen LogP contribution is -2.25. The smallest absolute Gasteiger partial charge is 0.263 e. The number of thiophene rings is 1. The van der Waals surface area contributed by atoms with E-state index in [1.165, 1.54) is 23.5 Å². The first kappa shape index (κ1) is 18.5. The van der Waals surface area contributed by atoms with Crippen LogP contribution in [-0.2, 0) is 6.42 Å². The molecule has 0 aliphatic rings. The summed E-state index contributed by atoms with van der Waals surface area (Å²) in [4.78, 5) is 26.2. The molecule has 4 aromatic rings. The summed E-state index contributed by atoms with van der Waals surface area (Å²) in [6.45, 7) is 2.30. The van der Waals surface area contributed by atoms with E-state index < -0.39 is 0 Å². The zero-order valence-corrected chi connectivity index (χ0v) is 16.7. The Bertz CT molecular complexity index is 1080. The summed E-state index contributed by atoms with van der Waals surface area (Å²) in [6, 6.07) is 10.1. The van der Waals surface area contributed by atoms with Crippen LogP contribution in [0.1, 0.15) is 21.1 Å². The first-order chi connectivity index (χ1) is 13.6. The second kappa shape index (κ2) is 8.04. The molecule has 8 heteroatoms. The van der Waals surface area contributed by atoms with Crippen LogP contribution in [0.5, 0.6) is 0 Å². The van der Waals surface area contributed by atoms with E-state index in [2.05, 4.69) is 20.3 Å². The number of hydrogen-bond donors (Lipinski definition) is 2. The number of amides is 1. The minimum atomic E-state index is -0.296. The molecule has 3 heterocycles. The number of nitrogens with one attached hydrogen (secondary N) is 2. The second-order valence-corrected chi connectivity index (χ2v) is 8.10. The van der Waals surface area contributed by atoms with Gasteiger partial charge in [-0.3, -0.25) is 4.79 Å². The van der Waals surface area contributed by atoms with Gasteiger partial charge in [0.05, 0.1) is 16.9 Å². The molecule has 0 atom stereocenters. The van der Waals surface area contributed by atoms with E-state index in [9.17, 15) is 9.18 Å². The van der Waals surface area contributed by atoms with Crippen molar-refractivity contribution in [1.29, 1.82) is 0 Å². The summed E-state index contributed by atoms with van der Waals surface area (Å²) in [5, 5.41) is 5.67. The van der Waals surface area contributed by atoms with E-state index in [4.69, 9.17) is 0 Å². The minimum absolute atomic E-state index is 0.152. The Hall–Kier alpha value is -2.84. The van der Waals surface area contributed by atoms with Crippen LogP contribution in [0.3, 0.4) is 0 Å². The van der Waals surface area contributed by atoms with Gasteiger partial charge in [0, 0.05) is 24.2 Å². The molecule has 0 aliphatic heterocycles. The van der Waals surface area contributed by atoms with Gasteiger partial charge in [-0.25, -0.2) is 14.4 Å². The molecule has 28 heavy (non-hydrogen) atoms. The van der Waals surface area contributed by atoms with Crippen LogP contribution in [-0.4, -0.2) is 27.4 Å². The monoisotopic (exact) mass is 412 g/mol. The fraction of sp³-hybridized carbons (Fsp3) is 0.150. The third kappa shape index (κ3) is 3.88. The van der Waals surface area contributed by atoms with Crippen molar-refractivity contribution in [2.45, 2.75) is 13.3 Å². The molecule has 5 nitrogen and oxygen atoms in total. The second-order valence-electron chi connectivity index (χ2n) is 6.15. The lowest BCUT2D eigenvalue weighted by atomic mass is 10.2. The van der Waals surface area contributed by atoms with Crippen molar-refractivity contribution in [2.75, 3.05) is 6.54 Å². The first-order valence-corrected chi connectivity index (χ1v) is 10.4. The molecule has 0 spiro atoms. The van der Waals surface area contributed by atoms with Crippen LogP contribution in [0.25, 0.3) is 21.1 Å². The van der Waals surface area contributed by atoms with Gasteiger partial charge in [0.25, 0.3) is 5.91 Å². The highest BCUT2D eigenvalue weighted by atomic mass is 32.1. The molecule has 0 saturated carbocycles. The highest BCUT2D eigenvalue weighted by molar-refractivity contribution is 7.17. The summed E-state index contributed by atoms with van der Waals surface area (Å²) in [5.41, 5.74) is 3.39. The Balaban J connectivity index is 1.41. The number of aromatic nitrogens is 3. The Labute approximate surface area is 169 Å². The number of nitrogens with zero attached hydrogens (tertiary/aromatic N) is 2. The number of carbonyl (C=O) groups is 1. The van der Waals surface area contributed by atoms with Crippen molar-refractivity contribution >= 4 is 28.6 Å². The third-order valence-electron chi connectivity index (χ3n) is 4.23. The number of aryl methyl sites for hydroxylation is 1. The van der Waals surface area contributed by atoms with Crippen LogP contribution in [0.2, 0.25) is 0 Å². The van der Waals surface area contributed by atoms with Crippen molar-refractivity contribution in [2.24, 2.45) is 0 Å². The zero-order valence-electron chi connectivity index (χ0n) is 15.0. The molecular formula is C20H17FN4OS2. The molecule has 0 saturated heterocycles. The summed E-state index contributed by atoms with van der Waals surface area (Å²) >= 11 is 2.95. The van der Waals surface area contributed by atoms with Crippen LogP contribution in [0.4, 0.5) is 4.39 Å². The number of thiazole rings is 1. The predicted molar refractivity (Wildman–Crippen MR) is 110 cm³/mol. The van der Waals surface area contributed by atoms with E-state index in [1.54, 1.807) is 29.8 Å². The number of carbonyl (C=O) groups excluding carboxylic acids is 1. The lowest BCUT2D eigenvalue weighted by molar-refractivity contribution is 0.0957. The van der Waals surface area contributed by atoms with Crippen molar-refractivity contribution < 1.29 is 9.18 Å². The number of benzene rings is 1. The van der Waals surface area contributed by atoms with Crippen molar-refractivity contribution in [3.8, 4) is 21.1 Å². The Morgan fingerprint density at radius 3 is 2.82 bits per heavy atom. The van der Waals surface area contributed by atoms with Gasteiger partial charge in [-0.2, -0.15) is 0 Å². The van der Waals surface area contributed by atoms with Gasteiger partial charge in [0.2, 0.25) is 0 Å². The molecule has 2 N–H and O–H groups in total. The number of imidazole rings is 1. The molecule has 0 unspecified atom stereocenters. The topological polar surface area (TPSA) is 70.7 Å². The first-order valence-electron chi connectivity index (χ1n) is 8.69. The molecule has 0 fully saturated rings. The number of aromatic amines is 1. The Kier molecular flexibility index (Phi) is 5.31. The van der Waals surface area contributed by atoms with E-state index in [-0.39, 0.29) is 11.7 Å². The average molecular weight is 413 g/mol. The summed E-state index contributed by atoms with van der Waals surface area (Å²) in [5.74, 6) is -0.448. The van der Waals surface area contributed by atoms with Crippen molar-refractivity contribution in [3.05, 3.63) is 70.2 Å². The zero-order chi connectivity index (χ0) is 19.5. The summed E-state index contributed by atoms with van der Waals surface area (Å²) in [6.07, 6.45) is 2.33. The average Bonchev–Trinajstić information content (AvgIpc) is 3.42. The predicted octanol–water partition coefficient (Wildman–Crippen LogP) is 4.68. The maximum Gasteiger partial charge on any atom is 0.263 e. The highest BCUT2D eigenvalue weighted by Crippen LogP contribution is 2.28. The Morgan fingerprint density at radius 2 is 2.07 bits per heavy atom. The fourth-order valence-corrected chi connectivity index (χ4v) is 4.58. The molecule has 0 radical (unpaired) electrons. The largest absolute Gasteiger partial charge is 0.351 e. The minimum Gasteiger partial charge on any atom is -0.351 e. The SMILES string of the molecule is Cc1nc(-c2ccc(F)cc2)sc1C(=O)NCCc1[nH]cnc1-c1cccs1. The number of halogens is 1. The summed E-state index contributed by atoms with van der Waals surface area (Å²) in [7, 11) is 0. The number of hydrogen-bond acceptors (Lipinski definition) is 5. The van der Waals surface area contributed by atoms with Crippen LogP contribution < -0.4 is 5.32 Å². The molecule has 4 rings (SSSR count). The van der Waals surface area contributed by atoms with E-state index in [1.807, 2.05) is 24.4 Å². The maximum absolute atomic E-state index is 13.1. The third-order valence-corrected chi connectivity index (χ3v) is 6.31. The van der Waals surface area contributed by atoms with Gasteiger partial charge in [0.1, 0.15) is 21.4 Å². The van der Waals surface area contributed by atoms with Gasteiger partial charge >= 0.3 is 0 Å². The van der Waals surface area contributed by atoms with Crippen molar-refractivity contribution in [3.63, 3.8) is 0 Å². The quantitative estimate of drug-likeness (QED) is 0.483. The molecular weight excluding hydrogens is 395 g/mol. The fourth-order valence-electron chi connectivity index (χ4n) is 2.84. The molecule has 1 aromatic carbocycles. The standard InChI is InChI=1S/C20H17FN4OS2/c1-12-18(28-20(25-12)13-4-6-14(21)7-5-13)19(26)22-9-8-15-17(24-11-23-15)16-3-2-10-27-16/h2-7,10-11H,8-9H2,1H3,(H,22,26)(H,23,24). The number of rotatable bonds is 6. The van der Waals surface area contributed by atoms with Crippen LogP contribution in [0, 0.1) is 12.7 Å². The molecule has 3 aromatic heterocycles. The normalized spacial score (nSPS) is 10.9. The lowest BCUT2D eigenvalue weighted by Gasteiger charge is -2.04. The van der Waals surface area contributed by atoms with E-state index in [0.29, 0.717) is 28.5 Å². The van der Waals surface area contributed by atoms with Crippen LogP contribution >= 0.6 is 22.7 Å². The number of H-pyrrole nitrogens is 1. The molecule has 1 amide bonds. The Morgan fingerprint density at radius 1 is 1.25 bits per heavy atom. The van der Waals surface area contributed by atoms with Gasteiger partial charge in [-0.05, 0) is 42.6 Å². The van der Waals surface area contributed by atoms with E-state index in [0.717, 1.165) is 21.8 Å². The highest BCUT2D eigenvalue weighted by Gasteiger charge is 2.16. The summed E-state index contributed by atoms with van der Waals surface area (Å²) < 4.78 is 13.1. The van der Waals surface area contributed by atoms with Gasteiger partial charge in [-0.15, -0.1) is 22.7 Å². The van der Waals surface area contributed by atoms with Gasteiger partial charge in [-0.1, -0.05) is 6.07 Å². The van der Waals surface area contributed by atoms with Gasteiger partial charge < -0.3 is 10.3 Å². The van der Waals surface area contributed by atoms with Crippen molar-refractivity contribution in [1.82, 2.24) is 20.3 Å². The van der Waals surface area contributed by atoms with Gasteiger partial charge in [0.15, 0.2) is 0 Å². The molecule has 142 valence electrons. The molecule has 0 aliphatic carbocycles. The maximum atomic E-state index is 13.1.